The number of rotatable bonds is 3. The molecule has 6 heteroatoms. The second kappa shape index (κ2) is 5.45. The Morgan fingerprint density at radius 2 is 2.05 bits per heavy atom. The fraction of sp³-hybridized carbons (Fsp3) is 0.250. The van der Waals surface area contributed by atoms with Crippen LogP contribution in [0.3, 0.4) is 0 Å². The van der Waals surface area contributed by atoms with E-state index in [1.54, 1.807) is 12.1 Å². The van der Waals surface area contributed by atoms with Gasteiger partial charge in [-0.3, -0.25) is 9.59 Å². The molecule has 1 aliphatic rings. The van der Waals surface area contributed by atoms with Crippen molar-refractivity contribution in [3.8, 4) is 6.07 Å². The number of nitrogens with one attached hydrogen (secondary N) is 2. The third-order valence-electron chi connectivity index (χ3n) is 4.04. The quantitative estimate of drug-likeness (QED) is 0.895. The van der Waals surface area contributed by atoms with Crippen LogP contribution in [0, 0.1) is 11.3 Å². The number of hydrogen-bond donors (Lipinski definition) is 2. The summed E-state index contributed by atoms with van der Waals surface area (Å²) in [5.41, 5.74) is 0.858. The van der Waals surface area contributed by atoms with Gasteiger partial charge in [0, 0.05) is 6.07 Å². The minimum Gasteiger partial charge on any atom is -0.341 e. The van der Waals surface area contributed by atoms with E-state index >= 15 is 0 Å². The molecule has 2 N–H and O–H groups in total. The van der Waals surface area contributed by atoms with Crippen LogP contribution in [0.5, 0.6) is 0 Å². The summed E-state index contributed by atoms with van der Waals surface area (Å²) in [6.45, 7) is 0. The van der Waals surface area contributed by atoms with E-state index in [2.05, 4.69) is 21.4 Å². The molecule has 1 saturated carbocycles. The van der Waals surface area contributed by atoms with Crippen molar-refractivity contribution < 1.29 is 4.79 Å². The highest BCUT2D eigenvalue weighted by atomic mass is 16.2. The van der Waals surface area contributed by atoms with E-state index in [0.717, 1.165) is 24.8 Å². The van der Waals surface area contributed by atoms with E-state index < -0.39 is 5.54 Å². The number of nitrogens with zero attached hydrogens (tertiary/aromatic N) is 2. The van der Waals surface area contributed by atoms with Gasteiger partial charge in [-0.1, -0.05) is 12.1 Å². The molecular formula is C16H14N4O2. The molecule has 0 atom stereocenters. The molecule has 1 aromatic heterocycles. The first-order chi connectivity index (χ1) is 10.6. The number of hydrogen-bond acceptors (Lipinski definition) is 4. The van der Waals surface area contributed by atoms with Crippen molar-refractivity contribution in [2.24, 2.45) is 0 Å². The van der Waals surface area contributed by atoms with Gasteiger partial charge in [0.1, 0.15) is 5.69 Å². The van der Waals surface area contributed by atoms with E-state index in [-0.39, 0.29) is 17.2 Å². The highest BCUT2D eigenvalue weighted by Gasteiger charge is 2.40. The average Bonchev–Trinajstić information content (AvgIpc) is 2.51. The molecular weight excluding hydrogens is 280 g/mol. The first kappa shape index (κ1) is 14.0. The predicted molar refractivity (Wildman–Crippen MR) is 79.0 cm³/mol. The van der Waals surface area contributed by atoms with Gasteiger partial charge in [-0.25, -0.2) is 4.98 Å². The zero-order chi connectivity index (χ0) is 15.6. The third kappa shape index (κ3) is 2.49. The van der Waals surface area contributed by atoms with Crippen LogP contribution in [0.15, 0.2) is 41.5 Å². The van der Waals surface area contributed by atoms with Crippen LogP contribution in [0.2, 0.25) is 0 Å². The smallest absolute Gasteiger partial charge is 0.270 e. The molecule has 0 unspecified atom stereocenters. The Morgan fingerprint density at radius 3 is 2.59 bits per heavy atom. The Kier molecular flexibility index (Phi) is 3.47. The Morgan fingerprint density at radius 1 is 1.32 bits per heavy atom. The fourth-order valence-corrected chi connectivity index (χ4v) is 2.65. The molecule has 110 valence electrons. The minimum atomic E-state index is -0.435. The third-order valence-corrected chi connectivity index (χ3v) is 4.04. The minimum absolute atomic E-state index is 0.101. The van der Waals surface area contributed by atoms with Crippen molar-refractivity contribution in [2.45, 2.75) is 24.8 Å². The lowest BCUT2D eigenvalue weighted by Gasteiger charge is -2.43. The van der Waals surface area contributed by atoms with Crippen LogP contribution < -0.4 is 10.9 Å². The van der Waals surface area contributed by atoms with Crippen molar-refractivity contribution in [1.82, 2.24) is 15.3 Å². The number of aromatic nitrogens is 2. The molecule has 1 aromatic carbocycles. The van der Waals surface area contributed by atoms with Crippen molar-refractivity contribution >= 4 is 5.91 Å². The van der Waals surface area contributed by atoms with Crippen molar-refractivity contribution in [3.63, 3.8) is 0 Å². The standard InChI is InChI=1S/C16H14N4O2/c17-9-11-2-4-12(5-3-11)16(6-1-7-16)20-15(22)13-8-14(21)19-10-18-13/h2-5,8,10H,1,6-7H2,(H,20,22)(H,18,19,21). The molecule has 1 amide bonds. The van der Waals surface area contributed by atoms with E-state index in [1.165, 1.54) is 12.4 Å². The second-order valence-corrected chi connectivity index (χ2v) is 5.38. The highest BCUT2D eigenvalue weighted by molar-refractivity contribution is 5.92. The van der Waals surface area contributed by atoms with E-state index in [4.69, 9.17) is 5.26 Å². The lowest BCUT2D eigenvalue weighted by Crippen LogP contribution is -2.51. The van der Waals surface area contributed by atoms with Gasteiger partial charge in [-0.05, 0) is 37.0 Å². The largest absolute Gasteiger partial charge is 0.341 e. The first-order valence-corrected chi connectivity index (χ1v) is 7.01. The molecule has 22 heavy (non-hydrogen) atoms. The number of aromatic amines is 1. The van der Waals surface area contributed by atoms with Crippen LogP contribution in [0.1, 0.15) is 40.9 Å². The maximum atomic E-state index is 12.3. The van der Waals surface area contributed by atoms with Crippen LogP contribution in [0.4, 0.5) is 0 Å². The lowest BCUT2D eigenvalue weighted by molar-refractivity contribution is 0.0817. The molecule has 0 radical (unpaired) electrons. The summed E-state index contributed by atoms with van der Waals surface area (Å²) in [5, 5.41) is 11.9. The van der Waals surface area contributed by atoms with E-state index in [1.807, 2.05) is 12.1 Å². The zero-order valence-electron chi connectivity index (χ0n) is 11.8. The number of amides is 1. The average molecular weight is 294 g/mol. The Hall–Kier alpha value is -2.94. The molecule has 3 rings (SSSR count). The number of H-pyrrole nitrogens is 1. The fourth-order valence-electron chi connectivity index (χ4n) is 2.65. The van der Waals surface area contributed by atoms with Crippen LogP contribution in [0.25, 0.3) is 0 Å². The van der Waals surface area contributed by atoms with Gasteiger partial charge in [0.25, 0.3) is 11.5 Å². The van der Waals surface area contributed by atoms with Crippen molar-refractivity contribution in [2.75, 3.05) is 0 Å². The Balaban J connectivity index is 1.86. The van der Waals surface area contributed by atoms with Gasteiger partial charge in [0.05, 0.1) is 23.5 Å². The van der Waals surface area contributed by atoms with E-state index in [9.17, 15) is 9.59 Å². The molecule has 6 nitrogen and oxygen atoms in total. The van der Waals surface area contributed by atoms with Gasteiger partial charge in [-0.2, -0.15) is 5.26 Å². The number of benzene rings is 1. The van der Waals surface area contributed by atoms with Crippen LogP contribution >= 0.6 is 0 Å². The second-order valence-electron chi connectivity index (χ2n) is 5.38. The van der Waals surface area contributed by atoms with Gasteiger partial charge in [0.15, 0.2) is 0 Å². The summed E-state index contributed by atoms with van der Waals surface area (Å²) in [4.78, 5) is 29.9. The summed E-state index contributed by atoms with van der Waals surface area (Å²) in [6.07, 6.45) is 3.89. The Bertz CT molecular complexity index is 798. The SMILES string of the molecule is N#Cc1ccc(C2(NC(=O)c3cc(=O)[nH]cn3)CCC2)cc1. The topological polar surface area (TPSA) is 98.6 Å². The maximum absolute atomic E-state index is 12.3. The zero-order valence-corrected chi connectivity index (χ0v) is 11.8. The Labute approximate surface area is 126 Å². The number of carbonyl (C=O) groups excluding carboxylic acids is 1. The number of carbonyl (C=O) groups is 1. The summed E-state index contributed by atoms with van der Waals surface area (Å²) in [6, 6.07) is 10.5. The van der Waals surface area contributed by atoms with Crippen LogP contribution in [-0.2, 0) is 5.54 Å². The first-order valence-electron chi connectivity index (χ1n) is 7.01. The summed E-state index contributed by atoms with van der Waals surface area (Å²) in [5.74, 6) is -0.366. The summed E-state index contributed by atoms with van der Waals surface area (Å²) >= 11 is 0. The molecule has 1 heterocycles. The summed E-state index contributed by atoms with van der Waals surface area (Å²) < 4.78 is 0. The van der Waals surface area contributed by atoms with Crippen LogP contribution in [-0.4, -0.2) is 15.9 Å². The summed E-state index contributed by atoms with van der Waals surface area (Å²) in [7, 11) is 0. The van der Waals surface area contributed by atoms with Crippen molar-refractivity contribution in [1.29, 1.82) is 5.26 Å². The molecule has 0 spiro atoms. The highest BCUT2D eigenvalue weighted by Crippen LogP contribution is 2.41. The van der Waals surface area contributed by atoms with Gasteiger partial charge in [-0.15, -0.1) is 0 Å². The molecule has 2 aromatic rings. The van der Waals surface area contributed by atoms with Gasteiger partial charge >= 0.3 is 0 Å². The van der Waals surface area contributed by atoms with Gasteiger partial charge < -0.3 is 10.3 Å². The lowest BCUT2D eigenvalue weighted by atomic mass is 9.71. The molecule has 1 fully saturated rings. The maximum Gasteiger partial charge on any atom is 0.270 e. The van der Waals surface area contributed by atoms with Gasteiger partial charge in [0.2, 0.25) is 0 Å². The molecule has 1 aliphatic carbocycles. The molecule has 0 bridgehead atoms. The number of nitriles is 1. The van der Waals surface area contributed by atoms with E-state index in [0.29, 0.717) is 5.56 Å². The predicted octanol–water partition coefficient (Wildman–Crippen LogP) is 1.45. The monoisotopic (exact) mass is 294 g/mol. The normalized spacial score (nSPS) is 15.4. The molecule has 0 aliphatic heterocycles. The molecule has 0 saturated heterocycles. The van der Waals surface area contributed by atoms with Crippen molar-refractivity contribution in [3.05, 3.63) is 63.8 Å².